The van der Waals surface area contributed by atoms with E-state index in [0.717, 1.165) is 6.42 Å². The summed E-state index contributed by atoms with van der Waals surface area (Å²) in [6, 6.07) is 11.1. The number of aryl methyl sites for hydroxylation is 1. The smallest absolute Gasteiger partial charge is 0.269 e. The maximum Gasteiger partial charge on any atom is 0.269 e. The van der Waals surface area contributed by atoms with Gasteiger partial charge in [0.15, 0.2) is 0 Å². The first-order valence-electron chi connectivity index (χ1n) is 8.57. The minimum atomic E-state index is -0.482. The number of anilines is 2. The molecule has 8 nitrogen and oxygen atoms in total. The third-order valence-corrected chi connectivity index (χ3v) is 3.81. The summed E-state index contributed by atoms with van der Waals surface area (Å²) < 4.78 is 0. The van der Waals surface area contributed by atoms with Gasteiger partial charge in [-0.3, -0.25) is 19.7 Å². The standard InChI is InChI=1S/C19H22N4O4/c1-3-9-20-19(25)14-5-4-6-15(11-14)21-12-18(24)22-17-8-7-16(23(26)27)10-13(17)2/h4-8,10-11,21H,3,9,12H2,1-2H3,(H,20,25)(H,22,24). The Morgan fingerprint density at radius 3 is 2.59 bits per heavy atom. The second kappa shape index (κ2) is 9.33. The molecular weight excluding hydrogens is 348 g/mol. The summed E-state index contributed by atoms with van der Waals surface area (Å²) in [7, 11) is 0. The molecular formula is C19H22N4O4. The largest absolute Gasteiger partial charge is 0.376 e. The molecule has 0 aromatic heterocycles. The Bertz CT molecular complexity index is 851. The average Bonchev–Trinajstić information content (AvgIpc) is 2.66. The van der Waals surface area contributed by atoms with Crippen molar-refractivity contribution < 1.29 is 14.5 Å². The monoisotopic (exact) mass is 370 g/mol. The van der Waals surface area contributed by atoms with E-state index in [0.29, 0.717) is 29.0 Å². The molecule has 0 radical (unpaired) electrons. The average molecular weight is 370 g/mol. The number of amides is 2. The summed E-state index contributed by atoms with van der Waals surface area (Å²) in [6.45, 7) is 4.27. The normalized spacial score (nSPS) is 10.1. The SMILES string of the molecule is CCCNC(=O)c1cccc(NCC(=O)Nc2ccc([N+](=O)[O-])cc2C)c1. The first-order chi connectivity index (χ1) is 12.9. The molecule has 3 N–H and O–H groups in total. The number of nitro groups is 1. The maximum absolute atomic E-state index is 12.1. The third-order valence-electron chi connectivity index (χ3n) is 3.81. The van der Waals surface area contributed by atoms with Crippen LogP contribution in [-0.4, -0.2) is 29.8 Å². The molecule has 2 rings (SSSR count). The van der Waals surface area contributed by atoms with Crippen molar-refractivity contribution in [2.24, 2.45) is 0 Å². The van der Waals surface area contributed by atoms with Crippen molar-refractivity contribution in [3.8, 4) is 0 Å². The second-order valence-corrected chi connectivity index (χ2v) is 5.99. The fourth-order valence-corrected chi connectivity index (χ4v) is 2.39. The van der Waals surface area contributed by atoms with Gasteiger partial charge in [0.25, 0.3) is 11.6 Å². The Morgan fingerprint density at radius 1 is 1.15 bits per heavy atom. The number of non-ortho nitro benzene ring substituents is 1. The molecule has 2 aromatic carbocycles. The highest BCUT2D eigenvalue weighted by molar-refractivity contribution is 5.96. The van der Waals surface area contributed by atoms with Crippen molar-refractivity contribution in [1.29, 1.82) is 0 Å². The topological polar surface area (TPSA) is 113 Å². The zero-order valence-electron chi connectivity index (χ0n) is 15.2. The summed E-state index contributed by atoms with van der Waals surface area (Å²) in [5.74, 6) is -0.459. The number of carbonyl (C=O) groups excluding carboxylic acids is 2. The number of hydrogen-bond donors (Lipinski definition) is 3. The van der Waals surface area contributed by atoms with Crippen LogP contribution in [0.2, 0.25) is 0 Å². The molecule has 0 saturated carbocycles. The van der Waals surface area contributed by atoms with E-state index in [-0.39, 0.29) is 24.0 Å². The fourth-order valence-electron chi connectivity index (χ4n) is 2.39. The third kappa shape index (κ3) is 5.81. The van der Waals surface area contributed by atoms with E-state index in [1.807, 2.05) is 6.92 Å². The Hall–Kier alpha value is -3.42. The zero-order chi connectivity index (χ0) is 19.8. The van der Waals surface area contributed by atoms with Gasteiger partial charge >= 0.3 is 0 Å². The molecule has 0 spiro atoms. The van der Waals surface area contributed by atoms with E-state index in [2.05, 4.69) is 16.0 Å². The Balaban J connectivity index is 1.94. The quantitative estimate of drug-likeness (QED) is 0.488. The molecule has 27 heavy (non-hydrogen) atoms. The molecule has 0 aliphatic rings. The van der Waals surface area contributed by atoms with Crippen LogP contribution in [0.3, 0.4) is 0 Å². The summed E-state index contributed by atoms with van der Waals surface area (Å²) >= 11 is 0. The minimum Gasteiger partial charge on any atom is -0.376 e. The van der Waals surface area contributed by atoms with Gasteiger partial charge in [-0.15, -0.1) is 0 Å². The number of hydrogen-bond acceptors (Lipinski definition) is 5. The van der Waals surface area contributed by atoms with Crippen LogP contribution in [0.15, 0.2) is 42.5 Å². The van der Waals surface area contributed by atoms with Crippen LogP contribution in [0.25, 0.3) is 0 Å². The van der Waals surface area contributed by atoms with Crippen molar-refractivity contribution in [3.63, 3.8) is 0 Å². The highest BCUT2D eigenvalue weighted by Crippen LogP contribution is 2.21. The molecule has 2 aromatic rings. The van der Waals surface area contributed by atoms with Gasteiger partial charge in [-0.25, -0.2) is 0 Å². The number of nitro benzene ring substituents is 1. The molecule has 0 heterocycles. The van der Waals surface area contributed by atoms with E-state index < -0.39 is 4.92 Å². The van der Waals surface area contributed by atoms with Crippen LogP contribution >= 0.6 is 0 Å². The first kappa shape index (κ1) is 19.9. The van der Waals surface area contributed by atoms with Crippen LogP contribution in [0.5, 0.6) is 0 Å². The number of rotatable bonds is 8. The van der Waals surface area contributed by atoms with Crippen LogP contribution in [0.1, 0.15) is 29.3 Å². The second-order valence-electron chi connectivity index (χ2n) is 5.99. The fraction of sp³-hybridized carbons (Fsp3) is 0.263. The highest BCUT2D eigenvalue weighted by Gasteiger charge is 2.11. The van der Waals surface area contributed by atoms with E-state index in [1.54, 1.807) is 31.2 Å². The minimum absolute atomic E-state index is 0.00351. The van der Waals surface area contributed by atoms with Gasteiger partial charge < -0.3 is 16.0 Å². The van der Waals surface area contributed by atoms with Crippen LogP contribution in [0, 0.1) is 17.0 Å². The predicted molar refractivity (Wildman–Crippen MR) is 104 cm³/mol. The van der Waals surface area contributed by atoms with Crippen molar-refractivity contribution in [2.45, 2.75) is 20.3 Å². The van der Waals surface area contributed by atoms with E-state index in [9.17, 15) is 19.7 Å². The Labute approximate surface area is 157 Å². The zero-order valence-corrected chi connectivity index (χ0v) is 15.2. The van der Waals surface area contributed by atoms with E-state index in [4.69, 9.17) is 0 Å². The highest BCUT2D eigenvalue weighted by atomic mass is 16.6. The van der Waals surface area contributed by atoms with Gasteiger partial charge in [0, 0.05) is 35.6 Å². The predicted octanol–water partition coefficient (Wildman–Crippen LogP) is 3.09. The summed E-state index contributed by atoms with van der Waals surface area (Å²) in [5, 5.41) is 19.2. The van der Waals surface area contributed by atoms with Crippen LogP contribution < -0.4 is 16.0 Å². The molecule has 8 heteroatoms. The summed E-state index contributed by atoms with van der Waals surface area (Å²) in [6.07, 6.45) is 0.853. The van der Waals surface area contributed by atoms with Crippen molar-refractivity contribution >= 4 is 28.9 Å². The molecule has 0 atom stereocenters. The molecule has 0 aliphatic carbocycles. The molecule has 0 aliphatic heterocycles. The van der Waals surface area contributed by atoms with Crippen molar-refractivity contribution in [2.75, 3.05) is 23.7 Å². The number of nitrogens with one attached hydrogen (secondary N) is 3. The van der Waals surface area contributed by atoms with E-state index >= 15 is 0 Å². The molecule has 0 unspecified atom stereocenters. The van der Waals surface area contributed by atoms with Crippen LogP contribution in [-0.2, 0) is 4.79 Å². The van der Waals surface area contributed by atoms with Gasteiger partial charge in [-0.05, 0) is 43.2 Å². The number of nitrogens with zero attached hydrogens (tertiary/aromatic N) is 1. The van der Waals surface area contributed by atoms with Crippen molar-refractivity contribution in [1.82, 2.24) is 5.32 Å². The molecule has 0 bridgehead atoms. The van der Waals surface area contributed by atoms with Crippen LogP contribution in [0.4, 0.5) is 17.1 Å². The lowest BCUT2D eigenvalue weighted by Gasteiger charge is -2.11. The Morgan fingerprint density at radius 2 is 1.93 bits per heavy atom. The molecule has 142 valence electrons. The van der Waals surface area contributed by atoms with Gasteiger partial charge in [0.05, 0.1) is 11.5 Å². The number of benzene rings is 2. The lowest BCUT2D eigenvalue weighted by Crippen LogP contribution is -2.24. The summed E-state index contributed by atoms with van der Waals surface area (Å²) in [5.41, 5.74) is 2.25. The van der Waals surface area contributed by atoms with Gasteiger partial charge in [0.2, 0.25) is 5.91 Å². The van der Waals surface area contributed by atoms with Gasteiger partial charge in [-0.2, -0.15) is 0 Å². The van der Waals surface area contributed by atoms with Gasteiger partial charge in [-0.1, -0.05) is 13.0 Å². The van der Waals surface area contributed by atoms with E-state index in [1.165, 1.54) is 18.2 Å². The van der Waals surface area contributed by atoms with Gasteiger partial charge in [0.1, 0.15) is 0 Å². The lowest BCUT2D eigenvalue weighted by molar-refractivity contribution is -0.384. The first-order valence-corrected chi connectivity index (χ1v) is 8.57. The van der Waals surface area contributed by atoms with Crippen molar-refractivity contribution in [3.05, 3.63) is 63.7 Å². The summed E-state index contributed by atoms with van der Waals surface area (Å²) in [4.78, 5) is 34.4. The molecule has 2 amide bonds. The Kier molecular flexibility index (Phi) is 6.87. The lowest BCUT2D eigenvalue weighted by atomic mass is 10.1. The maximum atomic E-state index is 12.1. The number of carbonyl (C=O) groups is 2. The molecule has 0 saturated heterocycles. The molecule has 0 fully saturated rings.